The molecule has 0 spiro atoms. The second kappa shape index (κ2) is 11.5. The van der Waals surface area contributed by atoms with Gasteiger partial charge in [-0.1, -0.05) is 68.3 Å². The molecule has 0 amide bonds. The molecule has 0 aliphatic carbocycles. The second-order valence-corrected chi connectivity index (χ2v) is 5.05. The Labute approximate surface area is 146 Å². The minimum Gasteiger partial charge on any atom is -0.450 e. The van der Waals surface area contributed by atoms with Crippen LogP contribution >= 0.6 is 0 Å². The van der Waals surface area contributed by atoms with Crippen LogP contribution in [0.2, 0.25) is 0 Å². The van der Waals surface area contributed by atoms with Crippen molar-refractivity contribution in [1.29, 1.82) is 0 Å². The van der Waals surface area contributed by atoms with Crippen LogP contribution in [0.25, 0.3) is 11.1 Å². The fourth-order valence-electron chi connectivity index (χ4n) is 2.04. The van der Waals surface area contributed by atoms with Gasteiger partial charge in [0.2, 0.25) is 0 Å². The maximum atomic E-state index is 11.7. The van der Waals surface area contributed by atoms with Gasteiger partial charge in [-0.05, 0) is 18.1 Å². The van der Waals surface area contributed by atoms with Crippen LogP contribution in [0.5, 0.6) is 5.75 Å². The fraction of sp³-hybridized carbons (Fsp3) is 0.263. The van der Waals surface area contributed by atoms with Crippen molar-refractivity contribution in [2.75, 3.05) is 6.61 Å². The number of rotatable bonds is 6. The third-order valence-corrected chi connectivity index (χ3v) is 3.13. The molecule has 2 N–H and O–H groups in total. The minimum absolute atomic E-state index is 0.403. The number of benzene rings is 2. The summed E-state index contributed by atoms with van der Waals surface area (Å²) in [7, 11) is 0. The largest absolute Gasteiger partial charge is 0.513 e. The summed E-state index contributed by atoms with van der Waals surface area (Å²) in [6.45, 7) is 2.51. The highest BCUT2D eigenvalue weighted by Crippen LogP contribution is 2.29. The molecular weight excluding hydrogens is 324 g/mol. The maximum absolute atomic E-state index is 11.7. The van der Waals surface area contributed by atoms with Gasteiger partial charge in [0.05, 0.1) is 6.61 Å². The second-order valence-electron chi connectivity index (χ2n) is 5.05. The lowest BCUT2D eigenvalue weighted by Crippen LogP contribution is -2.12. The summed E-state index contributed by atoms with van der Waals surface area (Å²) in [5.41, 5.74) is 1.88. The van der Waals surface area contributed by atoms with E-state index in [1.807, 2.05) is 48.5 Å². The van der Waals surface area contributed by atoms with E-state index in [4.69, 9.17) is 24.5 Å². The first-order valence-electron chi connectivity index (χ1n) is 7.95. The highest BCUT2D eigenvalue weighted by Gasteiger charge is 2.11. The van der Waals surface area contributed by atoms with E-state index in [-0.39, 0.29) is 0 Å². The van der Waals surface area contributed by atoms with Crippen molar-refractivity contribution in [2.45, 2.75) is 26.2 Å². The Morgan fingerprint density at radius 2 is 1.52 bits per heavy atom. The number of unbranched alkanes of at least 4 members (excludes halogenated alkanes) is 2. The average Bonchev–Trinajstić information content (AvgIpc) is 2.59. The van der Waals surface area contributed by atoms with E-state index in [2.05, 4.69) is 6.92 Å². The smallest absolute Gasteiger partial charge is 0.450 e. The van der Waals surface area contributed by atoms with Crippen LogP contribution in [-0.2, 0) is 4.74 Å². The number of carbonyl (C=O) groups is 2. The van der Waals surface area contributed by atoms with Gasteiger partial charge in [-0.25, -0.2) is 9.59 Å². The molecular formula is C19H22O6. The molecule has 0 aliphatic rings. The molecule has 0 saturated heterocycles. The van der Waals surface area contributed by atoms with E-state index in [0.29, 0.717) is 12.4 Å². The Kier molecular flexibility index (Phi) is 9.22. The van der Waals surface area contributed by atoms with Gasteiger partial charge in [-0.3, -0.25) is 0 Å². The highest BCUT2D eigenvalue weighted by molar-refractivity contribution is 5.74. The molecule has 0 aromatic heterocycles. The van der Waals surface area contributed by atoms with Gasteiger partial charge in [-0.15, -0.1) is 0 Å². The molecule has 0 atom stereocenters. The van der Waals surface area contributed by atoms with E-state index in [1.54, 1.807) is 6.07 Å². The molecule has 2 rings (SSSR count). The molecule has 6 heteroatoms. The zero-order valence-electron chi connectivity index (χ0n) is 14.1. The van der Waals surface area contributed by atoms with Crippen LogP contribution in [0.3, 0.4) is 0 Å². The molecule has 134 valence electrons. The molecule has 0 aliphatic heterocycles. The van der Waals surface area contributed by atoms with Crippen LogP contribution in [0.15, 0.2) is 54.6 Å². The molecule has 0 fully saturated rings. The lowest BCUT2D eigenvalue weighted by atomic mass is 10.1. The number of ether oxygens (including phenoxy) is 2. The van der Waals surface area contributed by atoms with Crippen molar-refractivity contribution in [3.63, 3.8) is 0 Å². The van der Waals surface area contributed by atoms with Crippen molar-refractivity contribution >= 4 is 12.3 Å². The zero-order valence-corrected chi connectivity index (χ0v) is 14.1. The van der Waals surface area contributed by atoms with Crippen LogP contribution in [0.1, 0.15) is 26.2 Å². The van der Waals surface area contributed by atoms with Crippen molar-refractivity contribution < 1.29 is 29.3 Å². The SMILES string of the molecule is CCCCCOC(=O)Oc1ccccc1-c1ccccc1.O=C(O)O. The number of para-hydroxylation sites is 1. The molecule has 0 unspecified atom stereocenters. The van der Waals surface area contributed by atoms with E-state index in [0.717, 1.165) is 30.4 Å². The molecule has 25 heavy (non-hydrogen) atoms. The average molecular weight is 346 g/mol. The highest BCUT2D eigenvalue weighted by atomic mass is 16.7. The van der Waals surface area contributed by atoms with Gasteiger partial charge in [-0.2, -0.15) is 0 Å². The Bertz CT molecular complexity index is 650. The first-order valence-corrected chi connectivity index (χ1v) is 7.95. The molecule has 2 aromatic carbocycles. The Morgan fingerprint density at radius 3 is 2.16 bits per heavy atom. The van der Waals surface area contributed by atoms with Crippen LogP contribution in [-0.4, -0.2) is 29.1 Å². The standard InChI is InChI=1S/C18H20O3.CH2O3/c1-2-3-9-14-20-18(19)21-17-13-8-7-12-16(17)15-10-5-4-6-11-15;2-1(3)4/h4-8,10-13H,2-3,9,14H2,1H3;(H2,2,3,4). The molecule has 0 heterocycles. The number of carbonyl (C=O) groups excluding carboxylic acids is 1. The monoisotopic (exact) mass is 346 g/mol. The predicted octanol–water partition coefficient (Wildman–Crippen LogP) is 5.28. The summed E-state index contributed by atoms with van der Waals surface area (Å²) in [5, 5.41) is 13.9. The minimum atomic E-state index is -1.83. The Hall–Kier alpha value is -3.02. The topological polar surface area (TPSA) is 93.1 Å². The maximum Gasteiger partial charge on any atom is 0.513 e. The Balaban J connectivity index is 0.000000705. The van der Waals surface area contributed by atoms with Gasteiger partial charge in [0.25, 0.3) is 0 Å². The van der Waals surface area contributed by atoms with Gasteiger partial charge in [0.15, 0.2) is 0 Å². The summed E-state index contributed by atoms with van der Waals surface area (Å²) < 4.78 is 10.4. The van der Waals surface area contributed by atoms with Crippen molar-refractivity contribution in [3.8, 4) is 16.9 Å². The normalized spacial score (nSPS) is 9.48. The van der Waals surface area contributed by atoms with E-state index < -0.39 is 12.3 Å². The summed E-state index contributed by atoms with van der Waals surface area (Å²) in [5.74, 6) is 0.518. The zero-order chi connectivity index (χ0) is 18.5. The third kappa shape index (κ3) is 8.41. The third-order valence-electron chi connectivity index (χ3n) is 3.13. The lowest BCUT2D eigenvalue weighted by Gasteiger charge is -2.10. The van der Waals surface area contributed by atoms with Crippen LogP contribution in [0, 0.1) is 0 Å². The first-order chi connectivity index (χ1) is 12.0. The van der Waals surface area contributed by atoms with E-state index >= 15 is 0 Å². The summed E-state index contributed by atoms with van der Waals surface area (Å²) in [6, 6.07) is 17.3. The van der Waals surface area contributed by atoms with E-state index in [9.17, 15) is 4.79 Å². The number of hydrogen-bond acceptors (Lipinski definition) is 4. The van der Waals surface area contributed by atoms with Gasteiger partial charge >= 0.3 is 12.3 Å². The molecule has 0 radical (unpaired) electrons. The van der Waals surface area contributed by atoms with Crippen molar-refractivity contribution in [2.24, 2.45) is 0 Å². The quantitative estimate of drug-likeness (QED) is 0.420. The molecule has 0 bridgehead atoms. The van der Waals surface area contributed by atoms with Crippen molar-refractivity contribution in [1.82, 2.24) is 0 Å². The number of hydrogen-bond donors (Lipinski definition) is 2. The predicted molar refractivity (Wildman–Crippen MR) is 94.0 cm³/mol. The number of carboxylic acid groups (broad SMARTS) is 2. The Morgan fingerprint density at radius 1 is 0.920 bits per heavy atom. The van der Waals surface area contributed by atoms with E-state index in [1.165, 1.54) is 0 Å². The van der Waals surface area contributed by atoms with Gasteiger partial charge in [0, 0.05) is 5.56 Å². The van der Waals surface area contributed by atoms with Gasteiger partial charge in [0.1, 0.15) is 5.75 Å². The van der Waals surface area contributed by atoms with Crippen molar-refractivity contribution in [3.05, 3.63) is 54.6 Å². The summed E-state index contributed by atoms with van der Waals surface area (Å²) in [6.07, 6.45) is 0.532. The summed E-state index contributed by atoms with van der Waals surface area (Å²) in [4.78, 5) is 20.3. The first kappa shape index (κ1) is 20.0. The van der Waals surface area contributed by atoms with Crippen LogP contribution in [0.4, 0.5) is 9.59 Å². The molecule has 2 aromatic rings. The summed E-state index contributed by atoms with van der Waals surface area (Å²) >= 11 is 0. The lowest BCUT2D eigenvalue weighted by molar-refractivity contribution is 0.0975. The molecule has 0 saturated carbocycles. The molecule has 6 nitrogen and oxygen atoms in total. The van der Waals surface area contributed by atoms with Crippen LogP contribution < -0.4 is 4.74 Å². The fourth-order valence-corrected chi connectivity index (χ4v) is 2.04. The van der Waals surface area contributed by atoms with Gasteiger partial charge < -0.3 is 19.7 Å².